The molecule has 0 aromatic heterocycles. The van der Waals surface area contributed by atoms with Crippen LogP contribution in [0.15, 0.2) is 0 Å². The number of nitrogens with two attached hydrogens (primary N) is 1. The first-order valence-corrected chi connectivity index (χ1v) is 12.9. The lowest BCUT2D eigenvalue weighted by atomic mass is 9.61. The standard InChI is InChI=1S/C25H37N3O5/c1-30-14-2-3-21-17(7-14)24(29)19(11-31-21)16-8-20-15-9-23-22(32-12-33-23)6-13(15)4-5-28(20)25(27)18(16)10-26/h13-23,25H,2-9,11-12,27H2,1H3. The molecule has 2 N–H and O–H groups in total. The molecule has 12 unspecified atom stereocenters. The normalized spacial score (nSPS) is 52.2. The summed E-state index contributed by atoms with van der Waals surface area (Å²) in [5.74, 6) is 0.592. The molecule has 2 aliphatic carbocycles. The van der Waals surface area contributed by atoms with Gasteiger partial charge in [0.1, 0.15) is 12.6 Å². The minimum absolute atomic E-state index is 0.00306. The maximum Gasteiger partial charge on any atom is 0.147 e. The van der Waals surface area contributed by atoms with E-state index in [0.717, 1.165) is 51.5 Å². The van der Waals surface area contributed by atoms with Crippen molar-refractivity contribution in [2.75, 3.05) is 27.1 Å². The molecule has 8 heteroatoms. The van der Waals surface area contributed by atoms with Crippen LogP contribution in [-0.4, -0.2) is 74.4 Å². The number of Topliss-reactive ketones (excluding diaryl/α,β-unsaturated/α-hetero) is 1. The summed E-state index contributed by atoms with van der Waals surface area (Å²) in [6.07, 6.45) is 6.71. The lowest BCUT2D eigenvalue weighted by molar-refractivity contribution is -0.165. The first kappa shape index (κ1) is 22.4. The number of nitrogens with zero attached hydrogens (tertiary/aromatic N) is 2. The molecule has 4 heterocycles. The van der Waals surface area contributed by atoms with Crippen molar-refractivity contribution in [1.29, 1.82) is 5.26 Å². The highest BCUT2D eigenvalue weighted by Gasteiger charge is 2.56. The Kier molecular flexibility index (Phi) is 6.01. The third kappa shape index (κ3) is 3.67. The van der Waals surface area contributed by atoms with E-state index in [9.17, 15) is 10.1 Å². The van der Waals surface area contributed by atoms with Crippen molar-refractivity contribution in [3.63, 3.8) is 0 Å². The number of methoxy groups -OCH3 is 1. The molecule has 0 amide bonds. The number of ketones is 1. The number of carbonyl (C=O) groups excluding carboxylic acids is 1. The van der Waals surface area contributed by atoms with E-state index in [2.05, 4.69) is 11.0 Å². The zero-order valence-corrected chi connectivity index (χ0v) is 19.5. The van der Waals surface area contributed by atoms with Crippen molar-refractivity contribution in [1.82, 2.24) is 4.90 Å². The molecule has 33 heavy (non-hydrogen) atoms. The average Bonchev–Trinajstić information content (AvgIpc) is 3.30. The van der Waals surface area contributed by atoms with Crippen molar-refractivity contribution in [3.8, 4) is 6.07 Å². The van der Waals surface area contributed by atoms with Gasteiger partial charge >= 0.3 is 0 Å². The largest absolute Gasteiger partial charge is 0.381 e. The minimum atomic E-state index is -0.351. The smallest absolute Gasteiger partial charge is 0.147 e. The molecule has 0 radical (unpaired) electrons. The monoisotopic (exact) mass is 459 g/mol. The zero-order valence-electron chi connectivity index (χ0n) is 19.5. The van der Waals surface area contributed by atoms with E-state index >= 15 is 0 Å². The van der Waals surface area contributed by atoms with E-state index in [0.29, 0.717) is 31.3 Å². The van der Waals surface area contributed by atoms with Crippen LogP contribution < -0.4 is 5.73 Å². The van der Waals surface area contributed by atoms with Crippen LogP contribution in [0.1, 0.15) is 44.9 Å². The second-order valence-electron chi connectivity index (χ2n) is 11.2. The molecule has 0 aromatic rings. The van der Waals surface area contributed by atoms with Crippen LogP contribution in [0.4, 0.5) is 0 Å². The molecule has 2 saturated carbocycles. The molecule has 4 aliphatic heterocycles. The van der Waals surface area contributed by atoms with Crippen molar-refractivity contribution < 1.29 is 23.7 Å². The molecule has 12 atom stereocenters. The van der Waals surface area contributed by atoms with Gasteiger partial charge in [-0.1, -0.05) is 0 Å². The van der Waals surface area contributed by atoms with E-state index in [1.165, 1.54) is 0 Å². The Morgan fingerprint density at radius 2 is 1.82 bits per heavy atom. The highest BCUT2D eigenvalue weighted by Crippen LogP contribution is 2.50. The molecule has 6 rings (SSSR count). The van der Waals surface area contributed by atoms with Crippen molar-refractivity contribution in [2.45, 2.75) is 81.6 Å². The summed E-state index contributed by atoms with van der Waals surface area (Å²) < 4.78 is 23.6. The quantitative estimate of drug-likeness (QED) is 0.665. The first-order valence-electron chi connectivity index (χ1n) is 12.9. The molecule has 6 fully saturated rings. The van der Waals surface area contributed by atoms with Gasteiger partial charge < -0.3 is 24.7 Å². The maximum absolute atomic E-state index is 13.7. The number of nitriles is 1. The van der Waals surface area contributed by atoms with Crippen LogP contribution in [-0.2, 0) is 23.7 Å². The van der Waals surface area contributed by atoms with Crippen molar-refractivity contribution in [2.24, 2.45) is 41.2 Å². The Hall–Kier alpha value is -1.08. The fourth-order valence-corrected chi connectivity index (χ4v) is 8.22. The zero-order chi connectivity index (χ0) is 22.7. The van der Waals surface area contributed by atoms with Crippen molar-refractivity contribution >= 4 is 5.78 Å². The fraction of sp³-hybridized carbons (Fsp3) is 0.920. The summed E-state index contributed by atoms with van der Waals surface area (Å²) in [6.45, 7) is 1.75. The number of rotatable bonds is 2. The summed E-state index contributed by atoms with van der Waals surface area (Å²) in [7, 11) is 1.73. The van der Waals surface area contributed by atoms with Crippen molar-refractivity contribution in [3.05, 3.63) is 0 Å². The minimum Gasteiger partial charge on any atom is -0.381 e. The molecule has 8 nitrogen and oxygen atoms in total. The molecular formula is C25H37N3O5. The lowest BCUT2D eigenvalue weighted by Crippen LogP contribution is -2.66. The number of hydrogen-bond acceptors (Lipinski definition) is 8. The van der Waals surface area contributed by atoms with Crippen LogP contribution in [0.2, 0.25) is 0 Å². The Morgan fingerprint density at radius 1 is 1.00 bits per heavy atom. The number of hydrogen-bond donors (Lipinski definition) is 1. The Bertz CT molecular complexity index is 803. The summed E-state index contributed by atoms with van der Waals surface area (Å²) in [5, 5.41) is 10.1. The first-order chi connectivity index (χ1) is 16.1. The second kappa shape index (κ2) is 8.85. The summed E-state index contributed by atoms with van der Waals surface area (Å²) in [4.78, 5) is 16.1. The van der Waals surface area contributed by atoms with E-state index < -0.39 is 0 Å². The van der Waals surface area contributed by atoms with Gasteiger partial charge in [-0.15, -0.1) is 0 Å². The Labute approximate surface area is 196 Å². The van der Waals surface area contributed by atoms with Crippen LogP contribution in [0, 0.1) is 46.8 Å². The average molecular weight is 460 g/mol. The molecular weight excluding hydrogens is 422 g/mol. The molecule has 182 valence electrons. The Balaban J connectivity index is 1.24. The number of fused-ring (bicyclic) bond motifs is 5. The third-order valence-corrected chi connectivity index (χ3v) is 9.99. The van der Waals surface area contributed by atoms with Crippen LogP contribution in [0.3, 0.4) is 0 Å². The van der Waals surface area contributed by atoms with Gasteiger partial charge in [0.2, 0.25) is 0 Å². The van der Waals surface area contributed by atoms with E-state index in [4.69, 9.17) is 24.7 Å². The molecule has 0 aromatic carbocycles. The molecule has 6 aliphatic rings. The fourth-order valence-electron chi connectivity index (χ4n) is 8.22. The maximum atomic E-state index is 13.7. The number of carbonyl (C=O) groups is 1. The molecule has 0 bridgehead atoms. The van der Waals surface area contributed by atoms with E-state index in [-0.39, 0.29) is 60.0 Å². The summed E-state index contributed by atoms with van der Waals surface area (Å²) >= 11 is 0. The summed E-state index contributed by atoms with van der Waals surface area (Å²) in [5.41, 5.74) is 6.77. The topological polar surface area (TPSA) is 107 Å². The van der Waals surface area contributed by atoms with E-state index in [1.807, 2.05) is 0 Å². The van der Waals surface area contributed by atoms with Crippen LogP contribution >= 0.6 is 0 Å². The van der Waals surface area contributed by atoms with Crippen LogP contribution in [0.25, 0.3) is 0 Å². The predicted octanol–water partition coefficient (Wildman–Crippen LogP) is 1.67. The van der Waals surface area contributed by atoms with Gasteiger partial charge in [0, 0.05) is 31.5 Å². The van der Waals surface area contributed by atoms with Gasteiger partial charge in [-0.25, -0.2) is 0 Å². The number of ether oxygens (including phenoxy) is 4. The van der Waals surface area contributed by atoms with Gasteiger partial charge in [-0.3, -0.25) is 9.69 Å². The SMILES string of the molecule is COC1CCC2OCC(C3CC4C5CC6OCOC6CC5CCN4C(N)C3C#N)C(=O)C2C1. The molecule has 0 spiro atoms. The number of piperidine rings is 2. The predicted molar refractivity (Wildman–Crippen MR) is 117 cm³/mol. The highest BCUT2D eigenvalue weighted by atomic mass is 16.7. The third-order valence-electron chi connectivity index (χ3n) is 9.99. The Morgan fingerprint density at radius 3 is 2.61 bits per heavy atom. The van der Waals surface area contributed by atoms with Gasteiger partial charge in [0.25, 0.3) is 0 Å². The van der Waals surface area contributed by atoms with Gasteiger partial charge in [-0.05, 0) is 62.7 Å². The summed E-state index contributed by atoms with van der Waals surface area (Å²) in [6, 6.07) is 2.81. The van der Waals surface area contributed by atoms with Gasteiger partial charge in [0.15, 0.2) is 0 Å². The molecule has 4 saturated heterocycles. The van der Waals surface area contributed by atoms with Gasteiger partial charge in [0.05, 0.1) is 49.2 Å². The van der Waals surface area contributed by atoms with Crippen LogP contribution in [0.5, 0.6) is 0 Å². The van der Waals surface area contributed by atoms with Gasteiger partial charge in [-0.2, -0.15) is 5.26 Å². The highest BCUT2D eigenvalue weighted by molar-refractivity contribution is 5.85. The van der Waals surface area contributed by atoms with E-state index in [1.54, 1.807) is 7.11 Å². The lowest BCUT2D eigenvalue weighted by Gasteiger charge is -2.57. The second-order valence-corrected chi connectivity index (χ2v) is 11.2.